The Labute approximate surface area is 143 Å². The van der Waals surface area contributed by atoms with Crippen LogP contribution in [-0.4, -0.2) is 17.4 Å². The largest absolute Gasteiger partial charge is 0.270 e. The van der Waals surface area contributed by atoms with Gasteiger partial charge in [-0.05, 0) is 81.5 Å². The predicted molar refractivity (Wildman–Crippen MR) is 97.2 cm³/mol. The Balaban J connectivity index is 2.44. The van der Waals surface area contributed by atoms with Gasteiger partial charge in [0.25, 0.3) is 10.0 Å². The number of rotatable bonds is 2. The van der Waals surface area contributed by atoms with Crippen molar-refractivity contribution in [2.45, 2.75) is 46.4 Å². The lowest BCUT2D eigenvalue weighted by molar-refractivity contribution is 0.585. The van der Waals surface area contributed by atoms with E-state index in [4.69, 9.17) is 0 Å². The molecule has 0 N–H and O–H groups in total. The maximum Gasteiger partial charge on any atom is 0.270 e. The lowest BCUT2D eigenvalue weighted by Gasteiger charge is -2.19. The molecule has 0 amide bonds. The third-order valence-corrected chi connectivity index (χ3v) is 7.18. The van der Waals surface area contributed by atoms with Gasteiger partial charge in [-0.1, -0.05) is 12.1 Å². The Morgan fingerprint density at radius 1 is 0.792 bits per heavy atom. The third kappa shape index (κ3) is 2.18. The minimum atomic E-state index is -3.72. The van der Waals surface area contributed by atoms with Crippen molar-refractivity contribution < 1.29 is 8.42 Å². The molecule has 0 aliphatic rings. The molecule has 0 radical (unpaired) electrons. The van der Waals surface area contributed by atoms with Crippen LogP contribution in [0.4, 0.5) is 0 Å². The van der Waals surface area contributed by atoms with Crippen LogP contribution in [0.3, 0.4) is 0 Å². The normalized spacial score (nSPS) is 12.1. The van der Waals surface area contributed by atoms with Crippen LogP contribution in [0.2, 0.25) is 0 Å². The van der Waals surface area contributed by atoms with Crippen molar-refractivity contribution in [2.24, 2.45) is 0 Å². The summed E-state index contributed by atoms with van der Waals surface area (Å²) in [6.07, 6.45) is 0. The van der Waals surface area contributed by atoms with Gasteiger partial charge in [0.1, 0.15) is 5.82 Å². The van der Waals surface area contributed by atoms with E-state index in [1.54, 1.807) is 13.0 Å². The van der Waals surface area contributed by atoms with Crippen molar-refractivity contribution in [1.29, 1.82) is 0 Å². The molecule has 0 unspecified atom stereocenters. The predicted octanol–water partition coefficient (Wildman–Crippen LogP) is 4.12. The molecule has 0 atom stereocenters. The average Bonchev–Trinajstić information content (AvgIpc) is 2.87. The molecule has 0 bridgehead atoms. The van der Waals surface area contributed by atoms with E-state index in [0.29, 0.717) is 21.8 Å². The molecule has 126 valence electrons. The van der Waals surface area contributed by atoms with Crippen LogP contribution in [0.5, 0.6) is 0 Å². The fourth-order valence-electron chi connectivity index (χ4n) is 3.37. The zero-order chi connectivity index (χ0) is 17.8. The molecule has 3 aromatic rings. The first-order valence-corrected chi connectivity index (χ1v) is 9.38. The van der Waals surface area contributed by atoms with Gasteiger partial charge in [0.05, 0.1) is 15.9 Å². The first-order valence-electron chi connectivity index (χ1n) is 7.94. The molecule has 0 saturated heterocycles. The van der Waals surface area contributed by atoms with E-state index in [0.717, 1.165) is 27.8 Å². The second-order valence-electron chi connectivity index (χ2n) is 6.37. The summed E-state index contributed by atoms with van der Waals surface area (Å²) in [4.78, 5) is 4.81. The van der Waals surface area contributed by atoms with Crippen molar-refractivity contribution in [2.75, 3.05) is 0 Å². The maximum atomic E-state index is 13.5. The van der Waals surface area contributed by atoms with E-state index >= 15 is 0 Å². The fourth-order valence-corrected chi connectivity index (χ4v) is 5.44. The smallest absolute Gasteiger partial charge is 0.232 e. The zero-order valence-electron chi connectivity index (χ0n) is 14.9. The van der Waals surface area contributed by atoms with Crippen LogP contribution in [0, 0.1) is 41.5 Å². The van der Waals surface area contributed by atoms with E-state index in [1.807, 2.05) is 52.8 Å². The first kappa shape index (κ1) is 16.7. The molecular weight excluding hydrogens is 320 g/mol. The number of aromatic nitrogens is 2. The Hall–Kier alpha value is -2.14. The number of fused-ring (bicyclic) bond motifs is 1. The minimum absolute atomic E-state index is 0.398. The second-order valence-corrected chi connectivity index (χ2v) is 8.09. The number of nitrogens with zero attached hydrogens (tertiary/aromatic N) is 2. The van der Waals surface area contributed by atoms with Crippen LogP contribution in [0.15, 0.2) is 29.2 Å². The molecule has 0 fully saturated rings. The highest BCUT2D eigenvalue weighted by atomic mass is 32.2. The Bertz CT molecular complexity index is 1050. The zero-order valence-corrected chi connectivity index (χ0v) is 15.7. The summed E-state index contributed by atoms with van der Waals surface area (Å²) < 4.78 is 28.4. The van der Waals surface area contributed by atoms with Gasteiger partial charge in [0, 0.05) is 0 Å². The van der Waals surface area contributed by atoms with Gasteiger partial charge in [0.2, 0.25) is 0 Å². The summed E-state index contributed by atoms with van der Waals surface area (Å²) in [7, 11) is -3.72. The number of para-hydroxylation sites is 2. The van der Waals surface area contributed by atoms with E-state index in [9.17, 15) is 8.42 Å². The van der Waals surface area contributed by atoms with Gasteiger partial charge in [-0.3, -0.25) is 0 Å². The van der Waals surface area contributed by atoms with Crippen molar-refractivity contribution in [3.05, 3.63) is 57.9 Å². The highest BCUT2D eigenvalue weighted by Gasteiger charge is 2.28. The molecular formula is C19H22N2O2S. The summed E-state index contributed by atoms with van der Waals surface area (Å²) in [6.45, 7) is 11.5. The first-order chi connectivity index (χ1) is 11.2. The number of aryl methyl sites for hydroxylation is 1. The topological polar surface area (TPSA) is 52.0 Å². The maximum absolute atomic E-state index is 13.5. The van der Waals surface area contributed by atoms with Gasteiger partial charge in [-0.15, -0.1) is 0 Å². The van der Waals surface area contributed by atoms with Gasteiger partial charge in [-0.25, -0.2) is 17.4 Å². The Kier molecular flexibility index (Phi) is 3.79. The number of benzene rings is 2. The standard InChI is InChI=1S/C19H22N2O2S/c1-11-12(2)14(4)19(15(5)13(11)3)24(22,23)21-16(6)20-17-9-7-8-10-18(17)21/h7-10H,1-6H3. The van der Waals surface area contributed by atoms with E-state index in [1.165, 1.54) is 3.97 Å². The van der Waals surface area contributed by atoms with Gasteiger partial charge < -0.3 is 0 Å². The van der Waals surface area contributed by atoms with Gasteiger partial charge in [-0.2, -0.15) is 0 Å². The highest BCUT2D eigenvalue weighted by molar-refractivity contribution is 7.90. The molecule has 0 aliphatic heterocycles. The van der Waals surface area contributed by atoms with Crippen molar-refractivity contribution in [3.8, 4) is 0 Å². The molecule has 1 aromatic heterocycles. The average molecular weight is 342 g/mol. The molecule has 2 aromatic carbocycles. The molecule has 0 spiro atoms. The molecule has 3 rings (SSSR count). The van der Waals surface area contributed by atoms with Gasteiger partial charge >= 0.3 is 0 Å². The second kappa shape index (κ2) is 5.45. The quantitative estimate of drug-likeness (QED) is 0.704. The fraction of sp³-hybridized carbons (Fsp3) is 0.316. The summed E-state index contributed by atoms with van der Waals surface area (Å²) in [6, 6.07) is 7.33. The van der Waals surface area contributed by atoms with Crippen molar-refractivity contribution in [1.82, 2.24) is 8.96 Å². The van der Waals surface area contributed by atoms with Gasteiger partial charge in [0.15, 0.2) is 0 Å². The number of hydrogen-bond acceptors (Lipinski definition) is 3. The summed E-state index contributed by atoms with van der Waals surface area (Å²) in [5, 5.41) is 0. The third-order valence-electron chi connectivity index (χ3n) is 5.11. The molecule has 0 aliphatic carbocycles. The molecule has 4 nitrogen and oxygen atoms in total. The highest BCUT2D eigenvalue weighted by Crippen LogP contribution is 2.32. The summed E-state index contributed by atoms with van der Waals surface area (Å²) >= 11 is 0. The molecule has 5 heteroatoms. The Morgan fingerprint density at radius 3 is 1.88 bits per heavy atom. The van der Waals surface area contributed by atoms with Crippen molar-refractivity contribution >= 4 is 21.1 Å². The number of imidazole rings is 1. The molecule has 24 heavy (non-hydrogen) atoms. The lowest BCUT2D eigenvalue weighted by Crippen LogP contribution is -2.18. The van der Waals surface area contributed by atoms with Crippen LogP contribution in [-0.2, 0) is 10.0 Å². The summed E-state index contributed by atoms with van der Waals surface area (Å²) in [5.74, 6) is 0.478. The monoisotopic (exact) mass is 342 g/mol. The van der Waals surface area contributed by atoms with E-state index in [-0.39, 0.29) is 0 Å². The molecule has 1 heterocycles. The summed E-state index contributed by atoms with van der Waals surface area (Å²) in [5.41, 5.74) is 6.13. The Morgan fingerprint density at radius 2 is 1.29 bits per heavy atom. The van der Waals surface area contributed by atoms with E-state index < -0.39 is 10.0 Å². The van der Waals surface area contributed by atoms with Crippen LogP contribution < -0.4 is 0 Å². The van der Waals surface area contributed by atoms with Crippen LogP contribution >= 0.6 is 0 Å². The van der Waals surface area contributed by atoms with Crippen LogP contribution in [0.25, 0.3) is 11.0 Å². The minimum Gasteiger partial charge on any atom is -0.232 e. The van der Waals surface area contributed by atoms with Crippen LogP contribution in [0.1, 0.15) is 33.6 Å². The SMILES string of the molecule is Cc1c(C)c(C)c(S(=O)(=O)n2c(C)nc3ccccc32)c(C)c1C. The van der Waals surface area contributed by atoms with E-state index in [2.05, 4.69) is 4.98 Å². The lowest BCUT2D eigenvalue weighted by atomic mass is 9.95. The molecule has 0 saturated carbocycles. The van der Waals surface area contributed by atoms with Crippen molar-refractivity contribution in [3.63, 3.8) is 0 Å². The number of hydrogen-bond donors (Lipinski definition) is 0.